The summed E-state index contributed by atoms with van der Waals surface area (Å²) in [5.74, 6) is -0.978. The topological polar surface area (TPSA) is 27.8 Å². The van der Waals surface area contributed by atoms with Gasteiger partial charge in [-0.3, -0.25) is 0 Å². The van der Waals surface area contributed by atoms with Gasteiger partial charge in [-0.05, 0) is 39.7 Å². The van der Waals surface area contributed by atoms with Gasteiger partial charge in [0.05, 0.1) is 10.2 Å². The molecule has 0 atom stereocenters. The second kappa shape index (κ2) is 5.25. The van der Waals surface area contributed by atoms with Crippen molar-refractivity contribution in [3.8, 4) is 0 Å². The molecule has 0 saturated carbocycles. The Morgan fingerprint density at radius 3 is 2.80 bits per heavy atom. The zero-order valence-electron chi connectivity index (χ0n) is 10.4. The Morgan fingerprint density at radius 2 is 1.95 bits per heavy atom. The molecule has 2 aromatic carbocycles. The molecule has 0 spiro atoms. The van der Waals surface area contributed by atoms with Crippen molar-refractivity contribution in [1.82, 2.24) is 4.98 Å². The first-order valence-corrected chi connectivity index (χ1v) is 6.88. The second-order valence-corrected chi connectivity index (χ2v) is 5.31. The molecule has 2 nitrogen and oxygen atoms in total. The lowest BCUT2D eigenvalue weighted by Gasteiger charge is -2.09. The molecule has 0 aliphatic carbocycles. The van der Waals surface area contributed by atoms with Crippen LogP contribution in [0.2, 0.25) is 0 Å². The highest BCUT2D eigenvalue weighted by Crippen LogP contribution is 2.25. The van der Waals surface area contributed by atoms with Crippen LogP contribution in [0.5, 0.6) is 0 Å². The number of H-pyrrole nitrogens is 1. The number of aromatic nitrogens is 1. The van der Waals surface area contributed by atoms with Crippen molar-refractivity contribution in [3.63, 3.8) is 0 Å². The fourth-order valence-electron chi connectivity index (χ4n) is 2.15. The Kier molecular flexibility index (Phi) is 3.44. The summed E-state index contributed by atoms with van der Waals surface area (Å²) in [6.07, 6.45) is 1.86. The van der Waals surface area contributed by atoms with Gasteiger partial charge in [0.1, 0.15) is 11.6 Å². The lowest BCUT2D eigenvalue weighted by molar-refractivity contribution is 0.596. The van der Waals surface area contributed by atoms with Crippen molar-refractivity contribution in [2.24, 2.45) is 0 Å². The van der Waals surface area contributed by atoms with Gasteiger partial charge in [-0.25, -0.2) is 8.78 Å². The number of benzene rings is 2. The minimum Gasteiger partial charge on any atom is -0.378 e. The molecule has 20 heavy (non-hydrogen) atoms. The molecule has 2 N–H and O–H groups in total. The number of aromatic amines is 1. The third kappa shape index (κ3) is 2.41. The van der Waals surface area contributed by atoms with E-state index in [2.05, 4.69) is 26.2 Å². The first kappa shape index (κ1) is 13.1. The lowest BCUT2D eigenvalue weighted by atomic mass is 10.1. The molecule has 0 aliphatic heterocycles. The van der Waals surface area contributed by atoms with E-state index < -0.39 is 11.6 Å². The minimum atomic E-state index is -0.492. The summed E-state index contributed by atoms with van der Waals surface area (Å²) in [7, 11) is 0. The van der Waals surface area contributed by atoms with Gasteiger partial charge in [0.15, 0.2) is 0 Å². The number of fused-ring (bicyclic) bond motifs is 1. The highest BCUT2D eigenvalue weighted by atomic mass is 79.9. The molecule has 1 aromatic heterocycles. The van der Waals surface area contributed by atoms with Crippen molar-refractivity contribution in [2.75, 3.05) is 5.32 Å². The highest BCUT2D eigenvalue weighted by molar-refractivity contribution is 9.10. The zero-order chi connectivity index (χ0) is 14.1. The zero-order valence-corrected chi connectivity index (χ0v) is 12.0. The van der Waals surface area contributed by atoms with Crippen LogP contribution < -0.4 is 5.32 Å². The monoisotopic (exact) mass is 336 g/mol. The van der Waals surface area contributed by atoms with Crippen LogP contribution in [0.25, 0.3) is 10.9 Å². The van der Waals surface area contributed by atoms with Gasteiger partial charge in [0, 0.05) is 29.7 Å². The second-order valence-electron chi connectivity index (χ2n) is 4.46. The van der Waals surface area contributed by atoms with Crippen molar-refractivity contribution < 1.29 is 8.78 Å². The smallest absolute Gasteiger partial charge is 0.147 e. The number of hydrogen-bond acceptors (Lipinski definition) is 1. The average molecular weight is 337 g/mol. The van der Waals surface area contributed by atoms with Gasteiger partial charge in [-0.2, -0.15) is 0 Å². The molecule has 0 unspecified atom stereocenters. The predicted molar refractivity (Wildman–Crippen MR) is 79.7 cm³/mol. The maximum Gasteiger partial charge on any atom is 0.147 e. The fraction of sp³-hybridized carbons (Fsp3) is 0.0667. The van der Waals surface area contributed by atoms with E-state index in [-0.39, 0.29) is 10.2 Å². The number of anilines is 1. The van der Waals surface area contributed by atoms with Gasteiger partial charge in [-0.1, -0.05) is 12.1 Å². The van der Waals surface area contributed by atoms with E-state index >= 15 is 0 Å². The Bertz CT molecular complexity index is 768. The minimum absolute atomic E-state index is 0.119. The SMILES string of the molecule is Fc1cc(NCc2cccc3[nH]ccc23)c(F)cc1Br. The molecule has 3 aromatic rings. The molecule has 0 fully saturated rings. The van der Waals surface area contributed by atoms with Gasteiger partial charge >= 0.3 is 0 Å². The molecular weight excluding hydrogens is 326 g/mol. The van der Waals surface area contributed by atoms with E-state index in [1.165, 1.54) is 0 Å². The standard InChI is InChI=1S/C15H11BrF2N2/c16-11-6-13(18)15(7-12(11)17)20-8-9-2-1-3-14-10(9)4-5-19-14/h1-7,19-20H,8H2. The predicted octanol–water partition coefficient (Wildman–Crippen LogP) is 4.82. The molecule has 0 radical (unpaired) electrons. The molecule has 0 bridgehead atoms. The number of rotatable bonds is 3. The first-order valence-electron chi connectivity index (χ1n) is 6.08. The van der Waals surface area contributed by atoms with E-state index in [9.17, 15) is 8.78 Å². The molecule has 1 heterocycles. The van der Waals surface area contributed by atoms with Crippen LogP contribution in [0.15, 0.2) is 47.1 Å². The van der Waals surface area contributed by atoms with E-state index in [0.29, 0.717) is 6.54 Å². The van der Waals surface area contributed by atoms with Crippen LogP contribution in [0.3, 0.4) is 0 Å². The molecule has 0 saturated heterocycles. The van der Waals surface area contributed by atoms with E-state index in [4.69, 9.17) is 0 Å². The van der Waals surface area contributed by atoms with Gasteiger partial charge in [0.25, 0.3) is 0 Å². The summed E-state index contributed by atoms with van der Waals surface area (Å²) < 4.78 is 27.3. The maximum absolute atomic E-state index is 13.7. The summed E-state index contributed by atoms with van der Waals surface area (Å²) in [6.45, 7) is 0.424. The van der Waals surface area contributed by atoms with Crippen LogP contribution in [-0.4, -0.2) is 4.98 Å². The molecule has 0 aliphatic rings. The normalized spacial score (nSPS) is 10.9. The van der Waals surface area contributed by atoms with E-state index in [0.717, 1.165) is 28.6 Å². The number of nitrogens with one attached hydrogen (secondary N) is 2. The van der Waals surface area contributed by atoms with Crippen LogP contribution >= 0.6 is 15.9 Å². The van der Waals surface area contributed by atoms with Crippen molar-refractivity contribution in [1.29, 1.82) is 0 Å². The fourth-order valence-corrected chi connectivity index (χ4v) is 2.47. The molecule has 0 amide bonds. The summed E-state index contributed by atoms with van der Waals surface area (Å²) in [4.78, 5) is 3.12. The Hall–Kier alpha value is -1.88. The van der Waals surface area contributed by atoms with Crippen LogP contribution in [0, 0.1) is 11.6 Å². The average Bonchev–Trinajstić information content (AvgIpc) is 2.90. The molecule has 5 heteroatoms. The Balaban J connectivity index is 1.86. The number of halogens is 3. The van der Waals surface area contributed by atoms with Crippen LogP contribution in [0.4, 0.5) is 14.5 Å². The quantitative estimate of drug-likeness (QED) is 0.659. The summed E-state index contributed by atoms with van der Waals surface area (Å²) in [5.41, 5.74) is 2.19. The lowest BCUT2D eigenvalue weighted by Crippen LogP contribution is -2.02. The molecular formula is C15H11BrF2N2. The first-order chi connectivity index (χ1) is 9.65. The summed E-state index contributed by atoms with van der Waals surface area (Å²) in [6, 6.07) is 10.1. The molecule has 3 rings (SSSR count). The van der Waals surface area contributed by atoms with Crippen LogP contribution in [-0.2, 0) is 6.54 Å². The molecule has 102 valence electrons. The van der Waals surface area contributed by atoms with Crippen molar-refractivity contribution in [2.45, 2.75) is 6.54 Å². The Morgan fingerprint density at radius 1 is 1.10 bits per heavy atom. The Labute approximate surface area is 122 Å². The summed E-state index contributed by atoms with van der Waals surface area (Å²) in [5, 5.41) is 4.00. The van der Waals surface area contributed by atoms with Crippen molar-refractivity contribution >= 4 is 32.5 Å². The van der Waals surface area contributed by atoms with Gasteiger partial charge in [-0.15, -0.1) is 0 Å². The third-order valence-corrected chi connectivity index (χ3v) is 3.77. The van der Waals surface area contributed by atoms with Crippen LogP contribution in [0.1, 0.15) is 5.56 Å². The number of hydrogen-bond donors (Lipinski definition) is 2. The van der Waals surface area contributed by atoms with Crippen molar-refractivity contribution in [3.05, 3.63) is 64.3 Å². The third-order valence-electron chi connectivity index (χ3n) is 3.16. The largest absolute Gasteiger partial charge is 0.378 e. The summed E-state index contributed by atoms with van der Waals surface area (Å²) >= 11 is 2.96. The van der Waals surface area contributed by atoms with E-state index in [1.54, 1.807) is 0 Å². The van der Waals surface area contributed by atoms with E-state index in [1.807, 2.05) is 30.5 Å². The van der Waals surface area contributed by atoms with Gasteiger partial charge in [0.2, 0.25) is 0 Å². The maximum atomic E-state index is 13.7. The highest BCUT2D eigenvalue weighted by Gasteiger charge is 2.08. The van der Waals surface area contributed by atoms with Gasteiger partial charge < -0.3 is 10.3 Å².